The third-order valence-corrected chi connectivity index (χ3v) is 4.41. The summed E-state index contributed by atoms with van der Waals surface area (Å²) in [5.41, 5.74) is 1.21. The Balaban J connectivity index is 1.94. The minimum absolute atomic E-state index is 0.219. The van der Waals surface area contributed by atoms with Gasteiger partial charge in [-0.05, 0) is 17.7 Å². The fraction of sp³-hybridized carbons (Fsp3) is 0.222. The average molecular weight is 345 g/mol. The summed E-state index contributed by atoms with van der Waals surface area (Å²) in [6, 6.07) is 16.0. The Morgan fingerprint density at radius 2 is 1.67 bits per heavy atom. The molecule has 0 aliphatic rings. The molecule has 0 unspecified atom stereocenters. The van der Waals surface area contributed by atoms with Crippen molar-refractivity contribution in [2.75, 3.05) is 19.9 Å². The van der Waals surface area contributed by atoms with Crippen molar-refractivity contribution in [2.45, 2.75) is 11.4 Å². The van der Waals surface area contributed by atoms with Gasteiger partial charge in [0.1, 0.15) is 0 Å². The van der Waals surface area contributed by atoms with Gasteiger partial charge in [0.05, 0.1) is 21.3 Å². The van der Waals surface area contributed by atoms with Gasteiger partial charge >= 0.3 is 5.97 Å². The zero-order valence-electron chi connectivity index (χ0n) is 13.6. The average Bonchev–Trinajstić information content (AvgIpc) is 2.60. The minimum Gasteiger partial charge on any atom is -0.452 e. The normalized spacial score (nSPS) is 11.6. The quantitative estimate of drug-likeness (QED) is 0.753. The van der Waals surface area contributed by atoms with Crippen LogP contribution in [0.1, 0.15) is 15.9 Å². The summed E-state index contributed by atoms with van der Waals surface area (Å²) in [4.78, 5) is 26.1. The summed E-state index contributed by atoms with van der Waals surface area (Å²) in [6.45, 7) is 0.0830. The molecule has 0 saturated heterocycles. The molecule has 0 heterocycles. The van der Waals surface area contributed by atoms with Crippen LogP contribution in [-0.4, -0.2) is 40.9 Å². The van der Waals surface area contributed by atoms with Crippen molar-refractivity contribution in [2.24, 2.45) is 0 Å². The van der Waals surface area contributed by atoms with Crippen molar-refractivity contribution < 1.29 is 18.5 Å². The van der Waals surface area contributed by atoms with Gasteiger partial charge in [-0.25, -0.2) is 4.79 Å². The molecule has 5 nitrogen and oxygen atoms in total. The van der Waals surface area contributed by atoms with Crippen LogP contribution in [0.15, 0.2) is 59.5 Å². The number of amides is 1. The Bertz CT molecular complexity index is 746. The summed E-state index contributed by atoms with van der Waals surface area (Å²) in [5, 5.41) is 0. The van der Waals surface area contributed by atoms with Crippen molar-refractivity contribution >= 4 is 22.7 Å². The van der Waals surface area contributed by atoms with Crippen molar-refractivity contribution in [3.05, 3.63) is 65.7 Å². The van der Waals surface area contributed by atoms with Crippen LogP contribution in [0.3, 0.4) is 0 Å². The van der Waals surface area contributed by atoms with E-state index in [9.17, 15) is 13.8 Å². The lowest BCUT2D eigenvalue weighted by Gasteiger charge is -2.17. The molecular formula is C18H19NO4S. The number of nitrogens with zero attached hydrogens (tertiary/aromatic N) is 1. The molecule has 0 N–H and O–H groups in total. The number of esters is 1. The molecule has 2 aromatic rings. The van der Waals surface area contributed by atoms with Crippen LogP contribution in [0.25, 0.3) is 0 Å². The first-order chi connectivity index (χ1) is 11.5. The van der Waals surface area contributed by atoms with Crippen LogP contribution >= 0.6 is 0 Å². The number of ether oxygens (including phenoxy) is 1. The number of hydrogen-bond donors (Lipinski definition) is 0. The number of hydrogen-bond acceptors (Lipinski definition) is 4. The smallest absolute Gasteiger partial charge is 0.339 e. The third-order valence-electron chi connectivity index (χ3n) is 3.43. The minimum atomic E-state index is -1.31. The molecular weight excluding hydrogens is 326 g/mol. The van der Waals surface area contributed by atoms with E-state index in [0.717, 1.165) is 5.56 Å². The maximum Gasteiger partial charge on any atom is 0.339 e. The second kappa shape index (κ2) is 8.40. The lowest BCUT2D eigenvalue weighted by molar-refractivity contribution is -0.133. The van der Waals surface area contributed by atoms with E-state index < -0.39 is 16.8 Å². The van der Waals surface area contributed by atoms with Gasteiger partial charge in [0, 0.05) is 19.8 Å². The molecule has 0 radical (unpaired) electrons. The molecule has 0 fully saturated rings. The zero-order chi connectivity index (χ0) is 17.5. The van der Waals surface area contributed by atoms with Crippen LogP contribution in [0.2, 0.25) is 0 Å². The van der Waals surface area contributed by atoms with Crippen LogP contribution in [0, 0.1) is 0 Å². The number of carbonyl (C=O) groups excluding carboxylic acids is 2. The molecule has 0 saturated carbocycles. The lowest BCUT2D eigenvalue weighted by Crippen LogP contribution is -2.30. The predicted octanol–water partition coefficient (Wildman–Crippen LogP) is 2.24. The van der Waals surface area contributed by atoms with Crippen LogP contribution in [0.4, 0.5) is 0 Å². The first kappa shape index (κ1) is 17.9. The predicted molar refractivity (Wildman–Crippen MR) is 92.0 cm³/mol. The Morgan fingerprint density at radius 1 is 1.04 bits per heavy atom. The third kappa shape index (κ3) is 4.76. The molecule has 1 amide bonds. The standard InChI is InChI=1S/C18H19NO4S/c1-19(12-14-8-4-3-5-9-14)17(20)13-23-18(21)15-10-6-7-11-16(15)24(2)22/h3-11H,12-13H2,1-2H3/t24-/m0/s1. The van der Waals surface area contributed by atoms with E-state index in [1.54, 1.807) is 25.2 Å². The fourth-order valence-electron chi connectivity index (χ4n) is 2.15. The molecule has 126 valence electrons. The van der Waals surface area contributed by atoms with E-state index >= 15 is 0 Å². The monoisotopic (exact) mass is 345 g/mol. The van der Waals surface area contributed by atoms with E-state index in [1.807, 2.05) is 30.3 Å². The lowest BCUT2D eigenvalue weighted by atomic mass is 10.2. The Hall–Kier alpha value is -2.47. The van der Waals surface area contributed by atoms with E-state index in [1.165, 1.54) is 17.2 Å². The fourth-order valence-corrected chi connectivity index (χ4v) is 2.88. The Morgan fingerprint density at radius 3 is 2.33 bits per heavy atom. The first-order valence-corrected chi connectivity index (χ1v) is 8.92. The molecule has 24 heavy (non-hydrogen) atoms. The molecule has 0 spiro atoms. The SMILES string of the molecule is CN(Cc1ccccc1)C(=O)COC(=O)c1ccccc1[S@](C)=O. The highest BCUT2D eigenvalue weighted by Gasteiger charge is 2.17. The van der Waals surface area contributed by atoms with E-state index in [4.69, 9.17) is 4.74 Å². The van der Waals surface area contributed by atoms with Crippen molar-refractivity contribution in [3.63, 3.8) is 0 Å². The highest BCUT2D eigenvalue weighted by atomic mass is 32.2. The van der Waals surface area contributed by atoms with Crippen LogP contribution in [-0.2, 0) is 26.9 Å². The van der Waals surface area contributed by atoms with Gasteiger partial charge in [0.2, 0.25) is 0 Å². The molecule has 2 aromatic carbocycles. The first-order valence-electron chi connectivity index (χ1n) is 7.36. The summed E-state index contributed by atoms with van der Waals surface area (Å²) in [7, 11) is 0.344. The van der Waals surface area contributed by atoms with Crippen LogP contribution < -0.4 is 0 Å². The molecule has 0 bridgehead atoms. The molecule has 6 heteroatoms. The van der Waals surface area contributed by atoms with Gasteiger partial charge in [0.15, 0.2) is 6.61 Å². The second-order valence-electron chi connectivity index (χ2n) is 5.26. The topological polar surface area (TPSA) is 63.7 Å². The summed E-state index contributed by atoms with van der Waals surface area (Å²) < 4.78 is 16.7. The number of likely N-dealkylation sites (N-methyl/N-ethyl adjacent to an activating group) is 1. The largest absolute Gasteiger partial charge is 0.452 e. The van der Waals surface area contributed by atoms with Gasteiger partial charge in [-0.15, -0.1) is 0 Å². The van der Waals surface area contributed by atoms with E-state index in [0.29, 0.717) is 11.4 Å². The van der Waals surface area contributed by atoms with Crippen molar-refractivity contribution in [3.8, 4) is 0 Å². The molecule has 2 rings (SSSR count). The van der Waals surface area contributed by atoms with Crippen LogP contribution in [0.5, 0.6) is 0 Å². The van der Waals surface area contributed by atoms with Gasteiger partial charge in [0.25, 0.3) is 5.91 Å². The van der Waals surface area contributed by atoms with Crippen molar-refractivity contribution in [1.82, 2.24) is 4.90 Å². The van der Waals surface area contributed by atoms with Gasteiger partial charge in [-0.3, -0.25) is 9.00 Å². The highest BCUT2D eigenvalue weighted by Crippen LogP contribution is 2.14. The zero-order valence-corrected chi connectivity index (χ0v) is 14.4. The maximum absolute atomic E-state index is 12.1. The van der Waals surface area contributed by atoms with E-state index in [-0.39, 0.29) is 18.1 Å². The molecule has 0 aromatic heterocycles. The van der Waals surface area contributed by atoms with Gasteiger partial charge in [-0.1, -0.05) is 42.5 Å². The number of benzene rings is 2. The summed E-state index contributed by atoms with van der Waals surface area (Å²) >= 11 is 0. The van der Waals surface area contributed by atoms with E-state index in [2.05, 4.69) is 0 Å². The molecule has 0 aliphatic heterocycles. The van der Waals surface area contributed by atoms with Crippen molar-refractivity contribution in [1.29, 1.82) is 0 Å². The Labute approximate surface area is 143 Å². The molecule has 1 atom stereocenters. The summed E-state index contributed by atoms with van der Waals surface area (Å²) in [6.07, 6.45) is 1.49. The summed E-state index contributed by atoms with van der Waals surface area (Å²) in [5.74, 6) is -0.954. The molecule has 0 aliphatic carbocycles. The van der Waals surface area contributed by atoms with Gasteiger partial charge < -0.3 is 9.64 Å². The Kier molecular flexibility index (Phi) is 6.26. The van der Waals surface area contributed by atoms with Gasteiger partial charge in [-0.2, -0.15) is 0 Å². The number of carbonyl (C=O) groups is 2. The second-order valence-corrected chi connectivity index (χ2v) is 6.61. The highest BCUT2D eigenvalue weighted by molar-refractivity contribution is 7.84. The number of rotatable bonds is 6. The maximum atomic E-state index is 12.1.